The highest BCUT2D eigenvalue weighted by Gasteiger charge is 2.33. The first-order valence-corrected chi connectivity index (χ1v) is 5.23. The number of anilines is 1. The number of aliphatic hydroxyl groups excluding tert-OH is 1. The minimum Gasteiger partial charge on any atom is -0.395 e. The monoisotopic (exact) mass is 222 g/mol. The average molecular weight is 222 g/mol. The second-order valence-electron chi connectivity index (χ2n) is 3.80. The van der Waals surface area contributed by atoms with Gasteiger partial charge in [-0.05, 0) is 25.0 Å². The maximum absolute atomic E-state index is 12.0. The number of hydrogen-bond donors (Lipinski definition) is 2. The first-order valence-electron chi connectivity index (χ1n) is 5.23. The van der Waals surface area contributed by atoms with Gasteiger partial charge >= 0.3 is 0 Å². The fourth-order valence-electron chi connectivity index (χ4n) is 1.55. The summed E-state index contributed by atoms with van der Waals surface area (Å²) in [6.45, 7) is 0.306. The topological polar surface area (TPSA) is 92.3 Å². The lowest BCUT2D eigenvalue weighted by Crippen LogP contribution is -2.36. The summed E-state index contributed by atoms with van der Waals surface area (Å²) in [7, 11) is 0. The molecule has 0 radical (unpaired) electrons. The summed E-state index contributed by atoms with van der Waals surface area (Å²) >= 11 is 0. The van der Waals surface area contributed by atoms with Crippen LogP contribution in [0, 0.1) is 0 Å². The number of nitrogens with zero attached hydrogens (tertiary/aromatic N) is 3. The van der Waals surface area contributed by atoms with Crippen molar-refractivity contribution in [2.45, 2.75) is 18.9 Å². The number of nitrogens with two attached hydrogens (primary N) is 1. The van der Waals surface area contributed by atoms with Crippen LogP contribution >= 0.6 is 0 Å². The Morgan fingerprint density at radius 2 is 2.25 bits per heavy atom. The summed E-state index contributed by atoms with van der Waals surface area (Å²) in [4.78, 5) is 13.6. The summed E-state index contributed by atoms with van der Waals surface area (Å²) in [6, 6.07) is 3.35. The summed E-state index contributed by atoms with van der Waals surface area (Å²) in [6.07, 6.45) is 1.99. The third-order valence-corrected chi connectivity index (χ3v) is 2.49. The van der Waals surface area contributed by atoms with E-state index >= 15 is 0 Å². The molecule has 86 valence electrons. The lowest BCUT2D eigenvalue weighted by Gasteiger charge is -2.20. The van der Waals surface area contributed by atoms with Gasteiger partial charge in [0.15, 0.2) is 5.69 Å². The Labute approximate surface area is 93.1 Å². The van der Waals surface area contributed by atoms with E-state index in [1.54, 1.807) is 17.0 Å². The van der Waals surface area contributed by atoms with Gasteiger partial charge < -0.3 is 15.7 Å². The molecule has 1 aliphatic carbocycles. The molecule has 1 fully saturated rings. The Balaban J connectivity index is 2.12. The number of nitrogen functional groups attached to an aromatic ring is 1. The zero-order chi connectivity index (χ0) is 11.5. The van der Waals surface area contributed by atoms with Crippen LogP contribution < -0.4 is 5.73 Å². The molecule has 3 N–H and O–H groups in total. The van der Waals surface area contributed by atoms with Crippen molar-refractivity contribution in [3.63, 3.8) is 0 Å². The second-order valence-corrected chi connectivity index (χ2v) is 3.80. The second kappa shape index (κ2) is 4.44. The van der Waals surface area contributed by atoms with Crippen molar-refractivity contribution in [2.75, 3.05) is 18.9 Å². The molecule has 16 heavy (non-hydrogen) atoms. The van der Waals surface area contributed by atoms with Crippen molar-refractivity contribution in [3.05, 3.63) is 17.8 Å². The molecule has 2 rings (SSSR count). The number of hydrogen-bond acceptors (Lipinski definition) is 5. The third kappa shape index (κ3) is 2.27. The molecule has 6 heteroatoms. The highest BCUT2D eigenvalue weighted by atomic mass is 16.3. The van der Waals surface area contributed by atoms with Gasteiger partial charge in [-0.3, -0.25) is 4.79 Å². The molecule has 0 unspecified atom stereocenters. The van der Waals surface area contributed by atoms with E-state index in [9.17, 15) is 4.79 Å². The van der Waals surface area contributed by atoms with Gasteiger partial charge in [-0.15, -0.1) is 10.2 Å². The molecule has 0 bridgehead atoms. The van der Waals surface area contributed by atoms with E-state index in [1.165, 1.54) is 0 Å². The van der Waals surface area contributed by atoms with E-state index in [-0.39, 0.29) is 30.1 Å². The zero-order valence-electron chi connectivity index (χ0n) is 8.83. The highest BCUT2D eigenvalue weighted by molar-refractivity contribution is 5.92. The largest absolute Gasteiger partial charge is 0.395 e. The summed E-state index contributed by atoms with van der Waals surface area (Å²) < 4.78 is 0. The molecule has 1 amide bonds. The molecule has 1 aromatic heterocycles. The number of rotatable bonds is 4. The number of amides is 1. The first-order chi connectivity index (χ1) is 7.72. The van der Waals surface area contributed by atoms with Crippen LogP contribution in [-0.2, 0) is 0 Å². The van der Waals surface area contributed by atoms with Crippen LogP contribution in [0.1, 0.15) is 23.3 Å². The summed E-state index contributed by atoms with van der Waals surface area (Å²) in [5.41, 5.74) is 5.67. The van der Waals surface area contributed by atoms with Gasteiger partial charge in [0.1, 0.15) is 5.82 Å². The van der Waals surface area contributed by atoms with Crippen LogP contribution in [0.2, 0.25) is 0 Å². The van der Waals surface area contributed by atoms with Crippen molar-refractivity contribution >= 4 is 11.7 Å². The maximum atomic E-state index is 12.0. The summed E-state index contributed by atoms with van der Waals surface area (Å²) in [5.74, 6) is 0.0979. The molecule has 1 heterocycles. The van der Waals surface area contributed by atoms with E-state index in [2.05, 4.69) is 10.2 Å². The van der Waals surface area contributed by atoms with Gasteiger partial charge in [-0.25, -0.2) is 0 Å². The molecule has 0 aromatic carbocycles. The van der Waals surface area contributed by atoms with Gasteiger partial charge in [0.2, 0.25) is 0 Å². The molecule has 0 saturated heterocycles. The van der Waals surface area contributed by atoms with Crippen molar-refractivity contribution < 1.29 is 9.90 Å². The highest BCUT2D eigenvalue weighted by Crippen LogP contribution is 2.27. The molecule has 1 saturated carbocycles. The van der Waals surface area contributed by atoms with Gasteiger partial charge in [0.25, 0.3) is 5.91 Å². The predicted molar refractivity (Wildman–Crippen MR) is 57.6 cm³/mol. The standard InChI is InChI=1S/C10H14N4O2/c11-9-4-3-8(12-13-9)10(16)14(5-6-15)7-1-2-7/h3-4,7,15H,1-2,5-6H2,(H2,11,13). The van der Waals surface area contributed by atoms with Crippen molar-refractivity contribution in [2.24, 2.45) is 0 Å². The van der Waals surface area contributed by atoms with E-state index in [1.807, 2.05) is 0 Å². The smallest absolute Gasteiger partial charge is 0.274 e. The van der Waals surface area contributed by atoms with Crippen LogP contribution in [-0.4, -0.2) is 45.3 Å². The zero-order valence-corrected chi connectivity index (χ0v) is 8.83. The first kappa shape index (κ1) is 10.8. The average Bonchev–Trinajstić information content (AvgIpc) is 3.10. The van der Waals surface area contributed by atoms with Gasteiger partial charge in [-0.1, -0.05) is 0 Å². The minimum atomic E-state index is -0.191. The van der Waals surface area contributed by atoms with Crippen molar-refractivity contribution in [3.8, 4) is 0 Å². The summed E-state index contributed by atoms with van der Waals surface area (Å²) in [5, 5.41) is 16.3. The quantitative estimate of drug-likeness (QED) is 0.726. The van der Waals surface area contributed by atoms with Crippen LogP contribution in [0.15, 0.2) is 12.1 Å². The molecule has 1 aromatic rings. The Kier molecular flexibility index (Phi) is 3.00. The lowest BCUT2D eigenvalue weighted by molar-refractivity contribution is 0.0700. The number of carbonyl (C=O) groups excluding carboxylic acids is 1. The number of carbonyl (C=O) groups is 1. The van der Waals surface area contributed by atoms with E-state index < -0.39 is 0 Å². The Morgan fingerprint density at radius 3 is 2.75 bits per heavy atom. The van der Waals surface area contributed by atoms with Crippen LogP contribution in [0.3, 0.4) is 0 Å². The molecule has 0 atom stereocenters. The van der Waals surface area contributed by atoms with E-state index in [0.717, 1.165) is 12.8 Å². The number of aromatic nitrogens is 2. The van der Waals surface area contributed by atoms with Gasteiger partial charge in [0.05, 0.1) is 6.61 Å². The van der Waals surface area contributed by atoms with E-state index in [0.29, 0.717) is 6.54 Å². The molecule has 6 nitrogen and oxygen atoms in total. The fraction of sp³-hybridized carbons (Fsp3) is 0.500. The Morgan fingerprint density at radius 1 is 1.50 bits per heavy atom. The molecule has 0 spiro atoms. The van der Waals surface area contributed by atoms with Gasteiger partial charge in [0, 0.05) is 12.6 Å². The van der Waals surface area contributed by atoms with Crippen LogP contribution in [0.5, 0.6) is 0 Å². The fourth-order valence-corrected chi connectivity index (χ4v) is 1.55. The van der Waals surface area contributed by atoms with Crippen molar-refractivity contribution in [1.82, 2.24) is 15.1 Å². The minimum absolute atomic E-state index is 0.0371. The maximum Gasteiger partial charge on any atom is 0.274 e. The normalized spacial score (nSPS) is 14.8. The lowest BCUT2D eigenvalue weighted by atomic mass is 10.3. The molecular formula is C10H14N4O2. The van der Waals surface area contributed by atoms with Crippen LogP contribution in [0.25, 0.3) is 0 Å². The van der Waals surface area contributed by atoms with Crippen molar-refractivity contribution in [1.29, 1.82) is 0 Å². The van der Waals surface area contributed by atoms with Crippen LogP contribution in [0.4, 0.5) is 5.82 Å². The molecule has 0 aliphatic heterocycles. The predicted octanol–water partition coefficient (Wildman–Crippen LogP) is -0.344. The Hall–Kier alpha value is -1.69. The Bertz CT molecular complexity index is 375. The van der Waals surface area contributed by atoms with E-state index in [4.69, 9.17) is 10.8 Å². The SMILES string of the molecule is Nc1ccc(C(=O)N(CCO)C2CC2)nn1. The number of aliphatic hydroxyl groups is 1. The molecule has 1 aliphatic rings. The third-order valence-electron chi connectivity index (χ3n) is 2.49. The molecular weight excluding hydrogens is 208 g/mol. The van der Waals surface area contributed by atoms with Gasteiger partial charge in [-0.2, -0.15) is 0 Å².